The molecule has 3 aromatic carbocycles. The van der Waals surface area contributed by atoms with E-state index in [4.69, 9.17) is 56.0 Å². The van der Waals surface area contributed by atoms with Crippen LogP contribution >= 0.6 is 46.4 Å². The molecule has 0 radical (unpaired) electrons. The Kier molecular flexibility index (Phi) is 6.19. The number of hydrogen-bond donors (Lipinski definition) is 2. The minimum atomic E-state index is -3.01. The molecule has 0 saturated carbocycles. The predicted octanol–water partition coefficient (Wildman–Crippen LogP) is 4.53. The molecule has 0 atom stereocenters. The van der Waals surface area contributed by atoms with E-state index in [0.29, 0.717) is 26.6 Å². The molecule has 0 aromatic heterocycles. The molecule has 2 N–H and O–H groups in total. The number of nitrogens with zero attached hydrogens (tertiary/aromatic N) is 1. The van der Waals surface area contributed by atoms with Crippen molar-refractivity contribution < 1.29 is 39.0 Å². The van der Waals surface area contributed by atoms with Gasteiger partial charge in [0.25, 0.3) is 11.8 Å². The fraction of sp³-hybridized carbons (Fsp3) is 0.185. The number of halogens is 4. The monoisotopic (exact) mass is 651 g/mol. The van der Waals surface area contributed by atoms with Gasteiger partial charge in [-0.3, -0.25) is 9.59 Å². The van der Waals surface area contributed by atoms with E-state index < -0.39 is 37.4 Å². The lowest BCUT2D eigenvalue weighted by atomic mass is 9.78. The zero-order valence-electron chi connectivity index (χ0n) is 21.1. The van der Waals surface area contributed by atoms with Crippen LogP contribution in [0.3, 0.4) is 0 Å². The number of esters is 1. The highest BCUT2D eigenvalue weighted by molar-refractivity contribution is 7.03. The summed E-state index contributed by atoms with van der Waals surface area (Å²) in [4.78, 5) is 55.6. The molecule has 1 saturated heterocycles. The van der Waals surface area contributed by atoms with Gasteiger partial charge in [-0.05, 0) is 40.7 Å². The summed E-state index contributed by atoms with van der Waals surface area (Å²) < 4.78 is 6.12. The number of amides is 2. The van der Waals surface area contributed by atoms with Gasteiger partial charge in [-0.1, -0.05) is 59.5 Å². The van der Waals surface area contributed by atoms with Gasteiger partial charge in [-0.2, -0.15) is 0 Å². The topological polar surface area (TPSA) is 130 Å². The number of aromatic hydroxyl groups is 2. The second-order valence-corrected chi connectivity index (χ2v) is 16.1. The average molecular weight is 653 g/mol. The lowest BCUT2D eigenvalue weighted by molar-refractivity contribution is -0.172. The van der Waals surface area contributed by atoms with Crippen molar-refractivity contribution in [3.8, 4) is 11.5 Å². The molecule has 210 valence electrons. The van der Waals surface area contributed by atoms with Crippen LogP contribution in [0.15, 0.2) is 30.3 Å². The maximum absolute atomic E-state index is 13.4. The Morgan fingerprint density at radius 1 is 0.878 bits per heavy atom. The van der Waals surface area contributed by atoms with Crippen LogP contribution in [0.2, 0.25) is 33.2 Å². The van der Waals surface area contributed by atoms with E-state index in [1.54, 1.807) is 0 Å². The second kappa shape index (κ2) is 9.11. The van der Waals surface area contributed by atoms with Crippen LogP contribution < -0.4 is 10.4 Å². The zero-order valence-corrected chi connectivity index (χ0v) is 25.1. The van der Waals surface area contributed by atoms with E-state index in [2.05, 4.69) is 0 Å². The number of rotatable bonds is 2. The van der Waals surface area contributed by atoms with Crippen LogP contribution in [0, 0.1) is 0 Å². The molecule has 3 heterocycles. The summed E-state index contributed by atoms with van der Waals surface area (Å²) in [6.07, 6.45) is -0.171. The van der Waals surface area contributed by atoms with E-state index in [-0.39, 0.29) is 61.1 Å². The molecular weight excluding hydrogens is 636 g/mol. The molecule has 9 nitrogen and oxygen atoms in total. The molecule has 1 spiro atoms. The Hall–Kier alpha value is -3.28. The lowest BCUT2D eigenvalue weighted by Crippen LogP contribution is -2.64. The molecular formula is C27H17Cl4NO8Si. The first-order valence-electron chi connectivity index (χ1n) is 12.1. The van der Waals surface area contributed by atoms with Gasteiger partial charge < -0.3 is 19.8 Å². The Labute approximate surface area is 253 Å². The molecule has 3 aliphatic heterocycles. The van der Waals surface area contributed by atoms with Gasteiger partial charge in [0.2, 0.25) is 0 Å². The number of ether oxygens (including phenoxy) is 1. The normalized spacial score (nSPS) is 17.8. The maximum atomic E-state index is 13.4. The molecule has 0 aliphatic carbocycles. The number of phenols is 2. The average Bonchev–Trinajstić information content (AvgIpc) is 3.39. The van der Waals surface area contributed by atoms with Gasteiger partial charge in [0.15, 0.2) is 17.1 Å². The summed E-state index contributed by atoms with van der Waals surface area (Å²) in [5, 5.41) is 22.3. The molecule has 0 bridgehead atoms. The first-order chi connectivity index (χ1) is 19.2. The predicted molar refractivity (Wildman–Crippen MR) is 151 cm³/mol. The van der Waals surface area contributed by atoms with Crippen LogP contribution in [0.5, 0.6) is 11.5 Å². The van der Waals surface area contributed by atoms with Crippen molar-refractivity contribution in [3.05, 3.63) is 78.2 Å². The van der Waals surface area contributed by atoms with E-state index >= 15 is 0 Å². The Morgan fingerprint density at radius 2 is 1.39 bits per heavy atom. The summed E-state index contributed by atoms with van der Waals surface area (Å²) in [7, 11) is -3.01. The third kappa shape index (κ3) is 3.68. The van der Waals surface area contributed by atoms with Gasteiger partial charge in [0.1, 0.15) is 8.07 Å². The molecule has 6 rings (SSSR count). The number of benzene rings is 3. The van der Waals surface area contributed by atoms with Crippen LogP contribution in [0.1, 0.15) is 50.2 Å². The van der Waals surface area contributed by atoms with Crippen molar-refractivity contribution >= 4 is 88.6 Å². The van der Waals surface area contributed by atoms with Gasteiger partial charge >= 0.3 is 11.9 Å². The summed E-state index contributed by atoms with van der Waals surface area (Å²) >= 11 is 26.2. The SMILES string of the molecule is C[Si]1(C)c2c(cc(Cl)c(O)c2Cl)C2(OC(=O)c3ccc(C(=O)ON4C(=O)CCC4=O)cc32)c2cc(Cl)c(O)c(Cl)c21. The highest BCUT2D eigenvalue weighted by Crippen LogP contribution is 2.53. The van der Waals surface area contributed by atoms with Gasteiger partial charge in [0, 0.05) is 29.5 Å². The molecule has 14 heteroatoms. The zero-order chi connectivity index (χ0) is 29.8. The van der Waals surface area contributed by atoms with Crippen molar-refractivity contribution in [3.63, 3.8) is 0 Å². The second-order valence-electron chi connectivity index (χ2n) is 10.3. The fourth-order valence-electron chi connectivity index (χ4n) is 5.85. The molecule has 0 unspecified atom stereocenters. The van der Waals surface area contributed by atoms with E-state index in [9.17, 15) is 29.4 Å². The van der Waals surface area contributed by atoms with Crippen LogP contribution in [0.25, 0.3) is 0 Å². The van der Waals surface area contributed by atoms with Gasteiger partial charge in [-0.25, -0.2) is 9.59 Å². The molecule has 3 aliphatic rings. The smallest absolute Gasteiger partial charge is 0.363 e. The fourth-order valence-corrected chi connectivity index (χ4v) is 11.6. The molecule has 2 amide bonds. The van der Waals surface area contributed by atoms with Crippen LogP contribution in [0.4, 0.5) is 0 Å². The number of hydrogen-bond acceptors (Lipinski definition) is 8. The molecule has 3 aromatic rings. The first-order valence-corrected chi connectivity index (χ1v) is 16.6. The number of fused-ring (bicyclic) bond motifs is 6. The minimum absolute atomic E-state index is 0.0776. The largest absolute Gasteiger partial charge is 0.505 e. The van der Waals surface area contributed by atoms with Crippen LogP contribution in [-0.2, 0) is 24.8 Å². The summed E-state index contributed by atoms with van der Waals surface area (Å²) in [5.74, 6) is -3.88. The Bertz CT molecular complexity index is 1710. The number of phenolic OH excluding ortho intramolecular Hbond substituents is 2. The first kappa shape index (κ1) is 27.9. The van der Waals surface area contributed by atoms with Crippen molar-refractivity contribution in [1.29, 1.82) is 0 Å². The number of hydroxylamine groups is 2. The third-order valence-corrected chi connectivity index (χ3v) is 12.8. The van der Waals surface area contributed by atoms with E-state index in [1.165, 1.54) is 30.3 Å². The third-order valence-electron chi connectivity index (χ3n) is 7.68. The Morgan fingerprint density at radius 3 is 1.90 bits per heavy atom. The Balaban J connectivity index is 1.66. The minimum Gasteiger partial charge on any atom is -0.505 e. The quantitative estimate of drug-likeness (QED) is 0.235. The highest BCUT2D eigenvalue weighted by atomic mass is 35.5. The van der Waals surface area contributed by atoms with Crippen molar-refractivity contribution in [2.24, 2.45) is 0 Å². The van der Waals surface area contributed by atoms with Crippen LogP contribution in [-0.4, -0.2) is 47.1 Å². The van der Waals surface area contributed by atoms with E-state index in [1.807, 2.05) is 13.1 Å². The number of carbonyl (C=O) groups is 4. The van der Waals surface area contributed by atoms with Gasteiger partial charge in [0.05, 0.1) is 31.2 Å². The van der Waals surface area contributed by atoms with Gasteiger partial charge in [-0.15, -0.1) is 5.06 Å². The molecule has 1 fully saturated rings. The highest BCUT2D eigenvalue weighted by Gasteiger charge is 2.58. The lowest BCUT2D eigenvalue weighted by Gasteiger charge is -2.44. The number of imide groups is 1. The summed E-state index contributed by atoms with van der Waals surface area (Å²) in [6, 6.07) is 6.84. The summed E-state index contributed by atoms with van der Waals surface area (Å²) in [6.45, 7) is 3.76. The standard InChI is InChI=1S/C27H17Cl4NO8Si/c1-41(2)23-13(8-15(28)21(35)19(23)30)27(14-9-16(29)22(36)20(31)24(14)41)12-7-10(3-4-11(12)26(38)39-27)25(37)40-32-17(33)5-6-18(32)34/h3-4,7-9,35-36H,5-6H2,1-2H3. The molecule has 41 heavy (non-hydrogen) atoms. The van der Waals surface area contributed by atoms with Crippen molar-refractivity contribution in [2.75, 3.05) is 0 Å². The van der Waals surface area contributed by atoms with Crippen molar-refractivity contribution in [2.45, 2.75) is 31.5 Å². The number of carbonyl (C=O) groups excluding carboxylic acids is 4. The van der Waals surface area contributed by atoms with E-state index in [0.717, 1.165) is 0 Å². The van der Waals surface area contributed by atoms with Crippen molar-refractivity contribution in [1.82, 2.24) is 5.06 Å². The summed E-state index contributed by atoms with van der Waals surface area (Å²) in [5.41, 5.74) is -1.06. The maximum Gasteiger partial charge on any atom is 0.363 e.